The van der Waals surface area contributed by atoms with Gasteiger partial charge in [-0.2, -0.15) is 0 Å². The summed E-state index contributed by atoms with van der Waals surface area (Å²) in [6.45, 7) is 4.25. The van der Waals surface area contributed by atoms with Crippen LogP contribution in [0.4, 0.5) is 5.82 Å². The van der Waals surface area contributed by atoms with Crippen molar-refractivity contribution in [2.45, 2.75) is 25.8 Å². The van der Waals surface area contributed by atoms with E-state index in [0.29, 0.717) is 12.5 Å². The predicted octanol–water partition coefficient (Wildman–Crippen LogP) is 1.62. The Hall–Kier alpha value is -1.95. The molecule has 6 heteroatoms. The summed E-state index contributed by atoms with van der Waals surface area (Å²) in [6.07, 6.45) is 4.34. The van der Waals surface area contributed by atoms with E-state index in [9.17, 15) is 0 Å². The predicted molar refractivity (Wildman–Crippen MR) is 70.9 cm³/mol. The van der Waals surface area contributed by atoms with E-state index < -0.39 is 0 Å². The normalized spacial score (nSPS) is 18.7. The van der Waals surface area contributed by atoms with Gasteiger partial charge in [-0.1, -0.05) is 0 Å². The Bertz CT molecular complexity index is 547. The molecule has 0 bridgehead atoms. The first-order chi connectivity index (χ1) is 9.33. The van der Waals surface area contributed by atoms with Crippen LogP contribution in [0.5, 0.6) is 0 Å². The van der Waals surface area contributed by atoms with Crippen LogP contribution < -0.4 is 5.32 Å². The van der Waals surface area contributed by atoms with Crippen molar-refractivity contribution in [1.29, 1.82) is 0 Å². The van der Waals surface area contributed by atoms with E-state index in [-0.39, 0.29) is 0 Å². The van der Waals surface area contributed by atoms with Gasteiger partial charge in [-0.3, -0.25) is 0 Å². The SMILES string of the molecule is Cc1[nH]cnc1CNc1cc([C@@H]2CCOC2)ncn1. The number of aryl methyl sites for hydroxylation is 1. The van der Waals surface area contributed by atoms with Crippen LogP contribution in [0.1, 0.15) is 29.4 Å². The van der Waals surface area contributed by atoms with E-state index in [0.717, 1.165) is 42.5 Å². The molecular weight excluding hydrogens is 242 g/mol. The summed E-state index contributed by atoms with van der Waals surface area (Å²) >= 11 is 0. The van der Waals surface area contributed by atoms with Gasteiger partial charge in [0.1, 0.15) is 12.1 Å². The minimum atomic E-state index is 0.399. The number of nitrogens with one attached hydrogen (secondary N) is 2. The van der Waals surface area contributed by atoms with Crippen LogP contribution in [0.2, 0.25) is 0 Å². The van der Waals surface area contributed by atoms with Crippen LogP contribution in [-0.4, -0.2) is 33.1 Å². The van der Waals surface area contributed by atoms with E-state index in [4.69, 9.17) is 4.74 Å². The molecule has 1 fully saturated rings. The fourth-order valence-electron chi connectivity index (χ4n) is 2.20. The Labute approximate surface area is 111 Å². The zero-order valence-electron chi connectivity index (χ0n) is 10.9. The summed E-state index contributed by atoms with van der Waals surface area (Å²) in [5.41, 5.74) is 3.13. The minimum absolute atomic E-state index is 0.399. The van der Waals surface area contributed by atoms with Gasteiger partial charge in [0, 0.05) is 24.3 Å². The van der Waals surface area contributed by atoms with E-state index in [1.807, 2.05) is 13.0 Å². The second-order valence-electron chi connectivity index (χ2n) is 4.72. The van der Waals surface area contributed by atoms with Gasteiger partial charge in [0.15, 0.2) is 0 Å². The number of nitrogens with zero attached hydrogens (tertiary/aromatic N) is 3. The molecule has 1 atom stereocenters. The molecule has 3 heterocycles. The van der Waals surface area contributed by atoms with E-state index in [2.05, 4.69) is 25.3 Å². The third-order valence-electron chi connectivity index (χ3n) is 3.41. The third-order valence-corrected chi connectivity index (χ3v) is 3.41. The Kier molecular flexibility index (Phi) is 3.41. The number of anilines is 1. The molecule has 6 nitrogen and oxygen atoms in total. The summed E-state index contributed by atoms with van der Waals surface area (Å²) in [5, 5.41) is 3.28. The molecule has 19 heavy (non-hydrogen) atoms. The van der Waals surface area contributed by atoms with Crippen LogP contribution in [0.3, 0.4) is 0 Å². The summed E-state index contributed by atoms with van der Waals surface area (Å²) in [4.78, 5) is 15.9. The topological polar surface area (TPSA) is 75.7 Å². The van der Waals surface area contributed by atoms with E-state index >= 15 is 0 Å². The van der Waals surface area contributed by atoms with Crippen molar-refractivity contribution < 1.29 is 4.74 Å². The molecule has 0 spiro atoms. The lowest BCUT2D eigenvalue weighted by Crippen LogP contribution is -2.06. The summed E-state index contributed by atoms with van der Waals surface area (Å²) < 4.78 is 5.39. The van der Waals surface area contributed by atoms with Crippen molar-refractivity contribution in [2.75, 3.05) is 18.5 Å². The summed E-state index contributed by atoms with van der Waals surface area (Å²) in [7, 11) is 0. The number of H-pyrrole nitrogens is 1. The average Bonchev–Trinajstić information content (AvgIpc) is 3.08. The van der Waals surface area contributed by atoms with E-state index in [1.165, 1.54) is 0 Å². The molecule has 0 amide bonds. The third kappa shape index (κ3) is 2.73. The van der Waals surface area contributed by atoms with Gasteiger partial charge >= 0.3 is 0 Å². The molecule has 2 aromatic rings. The maximum atomic E-state index is 5.39. The van der Waals surface area contributed by atoms with Crippen molar-refractivity contribution in [3.63, 3.8) is 0 Å². The zero-order chi connectivity index (χ0) is 13.1. The molecule has 1 aliphatic rings. The van der Waals surface area contributed by atoms with Gasteiger partial charge in [0.25, 0.3) is 0 Å². The molecule has 0 aromatic carbocycles. The highest BCUT2D eigenvalue weighted by Gasteiger charge is 2.19. The van der Waals surface area contributed by atoms with Crippen molar-refractivity contribution in [1.82, 2.24) is 19.9 Å². The lowest BCUT2D eigenvalue weighted by Gasteiger charge is -2.09. The Morgan fingerprint density at radius 2 is 2.37 bits per heavy atom. The smallest absolute Gasteiger partial charge is 0.129 e. The molecule has 2 aromatic heterocycles. The molecular formula is C13H17N5O. The van der Waals surface area contributed by atoms with Gasteiger partial charge in [-0.05, 0) is 13.3 Å². The second kappa shape index (κ2) is 5.36. The monoisotopic (exact) mass is 259 g/mol. The minimum Gasteiger partial charge on any atom is -0.381 e. The fourth-order valence-corrected chi connectivity index (χ4v) is 2.20. The fraction of sp³-hybridized carbons (Fsp3) is 0.462. The lowest BCUT2D eigenvalue weighted by atomic mass is 10.1. The summed E-state index contributed by atoms with van der Waals surface area (Å²) in [5.74, 6) is 1.23. The van der Waals surface area contributed by atoms with Crippen molar-refractivity contribution >= 4 is 5.82 Å². The van der Waals surface area contributed by atoms with Gasteiger partial charge in [0.05, 0.1) is 30.9 Å². The van der Waals surface area contributed by atoms with Crippen molar-refractivity contribution in [3.05, 3.63) is 35.8 Å². The first kappa shape index (κ1) is 12.1. The molecule has 0 aliphatic carbocycles. The van der Waals surface area contributed by atoms with Gasteiger partial charge in [-0.25, -0.2) is 15.0 Å². The van der Waals surface area contributed by atoms with Crippen LogP contribution in [0.25, 0.3) is 0 Å². The maximum Gasteiger partial charge on any atom is 0.129 e. The van der Waals surface area contributed by atoms with Crippen LogP contribution >= 0.6 is 0 Å². The number of imidazole rings is 1. The molecule has 0 unspecified atom stereocenters. The average molecular weight is 259 g/mol. The highest BCUT2D eigenvalue weighted by molar-refractivity contribution is 5.36. The molecule has 100 valence electrons. The van der Waals surface area contributed by atoms with E-state index in [1.54, 1.807) is 12.7 Å². The van der Waals surface area contributed by atoms with Gasteiger partial charge in [-0.15, -0.1) is 0 Å². The highest BCUT2D eigenvalue weighted by Crippen LogP contribution is 2.24. The first-order valence-corrected chi connectivity index (χ1v) is 6.45. The molecule has 2 N–H and O–H groups in total. The Morgan fingerprint density at radius 3 is 3.11 bits per heavy atom. The maximum absolute atomic E-state index is 5.39. The molecule has 1 aliphatic heterocycles. The Balaban J connectivity index is 1.67. The van der Waals surface area contributed by atoms with Crippen molar-refractivity contribution in [2.24, 2.45) is 0 Å². The summed E-state index contributed by atoms with van der Waals surface area (Å²) in [6, 6.07) is 2.00. The van der Waals surface area contributed by atoms with Crippen LogP contribution in [-0.2, 0) is 11.3 Å². The number of aromatic amines is 1. The largest absolute Gasteiger partial charge is 0.381 e. The molecule has 1 saturated heterocycles. The second-order valence-corrected chi connectivity index (χ2v) is 4.72. The molecule has 0 saturated carbocycles. The number of ether oxygens (including phenoxy) is 1. The zero-order valence-corrected chi connectivity index (χ0v) is 10.9. The molecule has 3 rings (SSSR count). The standard InChI is InChI=1S/C13H17N5O/c1-9-12(17-7-15-9)5-14-13-4-11(16-8-18-13)10-2-3-19-6-10/h4,7-8,10H,2-3,5-6H2,1H3,(H,15,17)(H,14,16,18)/t10-/m1/s1. The Morgan fingerprint density at radius 1 is 1.42 bits per heavy atom. The number of aromatic nitrogens is 4. The number of hydrogen-bond acceptors (Lipinski definition) is 5. The van der Waals surface area contributed by atoms with Gasteiger partial charge in [0.2, 0.25) is 0 Å². The first-order valence-electron chi connectivity index (χ1n) is 6.45. The van der Waals surface area contributed by atoms with Crippen LogP contribution in [0, 0.1) is 6.92 Å². The lowest BCUT2D eigenvalue weighted by molar-refractivity contribution is 0.193. The number of rotatable bonds is 4. The van der Waals surface area contributed by atoms with Crippen molar-refractivity contribution in [3.8, 4) is 0 Å². The van der Waals surface area contributed by atoms with Crippen LogP contribution in [0.15, 0.2) is 18.7 Å². The number of hydrogen-bond donors (Lipinski definition) is 2. The quantitative estimate of drug-likeness (QED) is 0.872. The molecule has 0 radical (unpaired) electrons. The van der Waals surface area contributed by atoms with Gasteiger partial charge < -0.3 is 15.0 Å². The highest BCUT2D eigenvalue weighted by atomic mass is 16.5.